The summed E-state index contributed by atoms with van der Waals surface area (Å²) in [5.41, 5.74) is 2.24. The standard InChI is InChI=1S/C15H19N3OS/c1-10-6-13(20-9-10)15(19)18-5-3-4-12(8-18)14-16-7-11(2)17-14/h6-7,9,12H,3-5,8H2,1-2H3,(H,16,17)/t12-/m0/s1. The Morgan fingerprint density at radius 3 is 3.00 bits per heavy atom. The van der Waals surface area contributed by atoms with Crippen LogP contribution in [-0.4, -0.2) is 33.9 Å². The van der Waals surface area contributed by atoms with E-state index in [0.29, 0.717) is 5.92 Å². The molecule has 0 saturated carbocycles. The van der Waals surface area contributed by atoms with E-state index >= 15 is 0 Å². The first-order valence-electron chi connectivity index (χ1n) is 6.99. The second-order valence-corrected chi connectivity index (χ2v) is 6.44. The molecule has 0 unspecified atom stereocenters. The highest BCUT2D eigenvalue weighted by atomic mass is 32.1. The molecule has 1 aliphatic rings. The molecular formula is C15H19N3OS. The van der Waals surface area contributed by atoms with E-state index in [9.17, 15) is 4.79 Å². The molecule has 2 aromatic heterocycles. The first-order valence-corrected chi connectivity index (χ1v) is 7.87. The molecule has 1 fully saturated rings. The van der Waals surface area contributed by atoms with Gasteiger partial charge >= 0.3 is 0 Å². The highest BCUT2D eigenvalue weighted by Crippen LogP contribution is 2.27. The van der Waals surface area contributed by atoms with E-state index in [0.717, 1.165) is 47.9 Å². The number of hydrogen-bond acceptors (Lipinski definition) is 3. The number of rotatable bonds is 2. The van der Waals surface area contributed by atoms with Gasteiger partial charge in [-0.3, -0.25) is 4.79 Å². The molecule has 3 heterocycles. The number of likely N-dealkylation sites (tertiary alicyclic amines) is 1. The van der Waals surface area contributed by atoms with Crippen molar-refractivity contribution in [3.8, 4) is 0 Å². The fraction of sp³-hybridized carbons (Fsp3) is 0.467. The summed E-state index contributed by atoms with van der Waals surface area (Å²) >= 11 is 1.54. The summed E-state index contributed by atoms with van der Waals surface area (Å²) in [5.74, 6) is 1.51. The molecule has 1 N–H and O–H groups in total. The lowest BCUT2D eigenvalue weighted by Gasteiger charge is -2.31. The van der Waals surface area contributed by atoms with Gasteiger partial charge in [0.05, 0.1) is 4.88 Å². The van der Waals surface area contributed by atoms with Crippen LogP contribution in [0.2, 0.25) is 0 Å². The predicted molar refractivity (Wildman–Crippen MR) is 80.3 cm³/mol. The number of thiophene rings is 1. The van der Waals surface area contributed by atoms with Crippen LogP contribution in [0.4, 0.5) is 0 Å². The summed E-state index contributed by atoms with van der Waals surface area (Å²) in [6, 6.07) is 1.98. The maximum Gasteiger partial charge on any atom is 0.263 e. The van der Waals surface area contributed by atoms with Gasteiger partial charge in [0.25, 0.3) is 5.91 Å². The SMILES string of the molecule is Cc1csc(C(=O)N2CCC[C@H](c3ncc(C)[nH]3)C2)c1. The van der Waals surface area contributed by atoms with Crippen LogP contribution in [0, 0.1) is 13.8 Å². The Morgan fingerprint density at radius 1 is 1.50 bits per heavy atom. The first-order chi connectivity index (χ1) is 9.63. The molecule has 3 rings (SSSR count). The molecule has 0 radical (unpaired) electrons. The highest BCUT2D eigenvalue weighted by molar-refractivity contribution is 7.12. The second-order valence-electron chi connectivity index (χ2n) is 5.53. The number of amides is 1. The molecule has 1 amide bonds. The van der Waals surface area contributed by atoms with E-state index in [1.54, 1.807) is 0 Å². The van der Waals surface area contributed by atoms with Gasteiger partial charge < -0.3 is 9.88 Å². The summed E-state index contributed by atoms with van der Waals surface area (Å²) in [7, 11) is 0. The molecule has 0 bridgehead atoms. The van der Waals surface area contributed by atoms with Crippen LogP contribution >= 0.6 is 11.3 Å². The number of nitrogens with one attached hydrogen (secondary N) is 1. The molecule has 106 valence electrons. The number of hydrogen-bond donors (Lipinski definition) is 1. The summed E-state index contributed by atoms with van der Waals surface area (Å²) in [6.07, 6.45) is 4.00. The summed E-state index contributed by atoms with van der Waals surface area (Å²) in [5, 5.41) is 2.03. The van der Waals surface area contributed by atoms with Gasteiger partial charge in [-0.15, -0.1) is 11.3 Å². The van der Waals surface area contributed by atoms with Crippen LogP contribution in [0.5, 0.6) is 0 Å². The maximum atomic E-state index is 12.5. The topological polar surface area (TPSA) is 49.0 Å². The zero-order chi connectivity index (χ0) is 14.1. The van der Waals surface area contributed by atoms with Crippen molar-refractivity contribution < 1.29 is 4.79 Å². The van der Waals surface area contributed by atoms with Crippen molar-refractivity contribution in [2.75, 3.05) is 13.1 Å². The first kappa shape index (κ1) is 13.4. The fourth-order valence-corrected chi connectivity index (χ4v) is 3.59. The average molecular weight is 289 g/mol. The molecule has 1 atom stereocenters. The third kappa shape index (κ3) is 2.63. The van der Waals surface area contributed by atoms with Crippen LogP contribution in [0.3, 0.4) is 0 Å². The van der Waals surface area contributed by atoms with Crippen LogP contribution in [-0.2, 0) is 0 Å². The third-order valence-electron chi connectivity index (χ3n) is 3.76. The number of nitrogens with zero attached hydrogens (tertiary/aromatic N) is 2. The van der Waals surface area contributed by atoms with E-state index in [4.69, 9.17) is 0 Å². The number of carbonyl (C=O) groups excluding carboxylic acids is 1. The molecule has 0 aromatic carbocycles. The van der Waals surface area contributed by atoms with E-state index in [1.807, 2.05) is 36.4 Å². The smallest absolute Gasteiger partial charge is 0.263 e. The van der Waals surface area contributed by atoms with E-state index in [2.05, 4.69) is 9.97 Å². The van der Waals surface area contributed by atoms with Crippen LogP contribution in [0.1, 0.15) is 45.5 Å². The number of aryl methyl sites for hydroxylation is 2. The Balaban J connectivity index is 1.73. The van der Waals surface area contributed by atoms with Crippen molar-refractivity contribution in [2.24, 2.45) is 0 Å². The number of imidazole rings is 1. The van der Waals surface area contributed by atoms with Crippen molar-refractivity contribution in [3.63, 3.8) is 0 Å². The molecule has 20 heavy (non-hydrogen) atoms. The van der Waals surface area contributed by atoms with Gasteiger partial charge in [0, 0.05) is 30.9 Å². The number of piperidine rings is 1. The van der Waals surface area contributed by atoms with Crippen molar-refractivity contribution in [3.05, 3.63) is 39.6 Å². The van der Waals surface area contributed by atoms with Gasteiger partial charge in [-0.1, -0.05) is 0 Å². The molecule has 5 heteroatoms. The predicted octanol–water partition coefficient (Wildman–Crippen LogP) is 3.11. The average Bonchev–Trinajstić information content (AvgIpc) is 3.07. The lowest BCUT2D eigenvalue weighted by atomic mass is 9.97. The van der Waals surface area contributed by atoms with Crippen molar-refractivity contribution in [1.82, 2.24) is 14.9 Å². The number of H-pyrrole nitrogens is 1. The van der Waals surface area contributed by atoms with Gasteiger partial charge in [0.2, 0.25) is 0 Å². The fourth-order valence-electron chi connectivity index (χ4n) is 2.72. The van der Waals surface area contributed by atoms with Crippen molar-refractivity contribution in [1.29, 1.82) is 0 Å². The van der Waals surface area contributed by atoms with Crippen molar-refractivity contribution >= 4 is 17.2 Å². The minimum atomic E-state index is 0.163. The summed E-state index contributed by atoms with van der Waals surface area (Å²) < 4.78 is 0. The van der Waals surface area contributed by atoms with E-state index in [1.165, 1.54) is 11.3 Å². The Labute approximate surface area is 122 Å². The highest BCUT2D eigenvalue weighted by Gasteiger charge is 2.27. The number of aromatic nitrogens is 2. The molecule has 0 aliphatic carbocycles. The largest absolute Gasteiger partial charge is 0.346 e. The van der Waals surface area contributed by atoms with Gasteiger partial charge in [-0.05, 0) is 43.7 Å². The minimum Gasteiger partial charge on any atom is -0.346 e. The number of carbonyl (C=O) groups is 1. The lowest BCUT2D eigenvalue weighted by molar-refractivity contribution is 0.0709. The summed E-state index contributed by atoms with van der Waals surface area (Å²) in [4.78, 5) is 23.0. The molecule has 2 aromatic rings. The van der Waals surface area contributed by atoms with Crippen LogP contribution in [0.25, 0.3) is 0 Å². The summed E-state index contributed by atoms with van der Waals surface area (Å²) in [6.45, 7) is 5.66. The minimum absolute atomic E-state index is 0.163. The Hall–Kier alpha value is -1.62. The van der Waals surface area contributed by atoms with Gasteiger partial charge in [-0.2, -0.15) is 0 Å². The Bertz CT molecular complexity index is 616. The monoisotopic (exact) mass is 289 g/mol. The lowest BCUT2D eigenvalue weighted by Crippen LogP contribution is -2.39. The second kappa shape index (κ2) is 5.40. The normalized spacial score (nSPS) is 19.3. The van der Waals surface area contributed by atoms with Gasteiger partial charge in [0.1, 0.15) is 5.82 Å². The zero-order valence-electron chi connectivity index (χ0n) is 11.8. The van der Waals surface area contributed by atoms with E-state index < -0.39 is 0 Å². The van der Waals surface area contributed by atoms with Crippen LogP contribution < -0.4 is 0 Å². The maximum absolute atomic E-state index is 12.5. The van der Waals surface area contributed by atoms with Gasteiger partial charge in [-0.25, -0.2) is 4.98 Å². The molecular weight excluding hydrogens is 270 g/mol. The van der Waals surface area contributed by atoms with Gasteiger partial charge in [0.15, 0.2) is 0 Å². The zero-order valence-corrected chi connectivity index (χ0v) is 12.7. The Kier molecular flexibility index (Phi) is 3.61. The molecule has 0 spiro atoms. The van der Waals surface area contributed by atoms with Crippen LogP contribution in [0.15, 0.2) is 17.6 Å². The third-order valence-corrected chi connectivity index (χ3v) is 4.80. The van der Waals surface area contributed by atoms with Crippen molar-refractivity contribution in [2.45, 2.75) is 32.6 Å². The Morgan fingerprint density at radius 2 is 2.35 bits per heavy atom. The molecule has 1 aliphatic heterocycles. The number of aromatic amines is 1. The molecule has 1 saturated heterocycles. The molecule has 4 nitrogen and oxygen atoms in total. The van der Waals surface area contributed by atoms with E-state index in [-0.39, 0.29) is 5.91 Å². The quantitative estimate of drug-likeness (QED) is 0.923.